The van der Waals surface area contributed by atoms with Crippen LogP contribution >= 0.6 is 11.3 Å². The minimum absolute atomic E-state index is 0.242. The van der Waals surface area contributed by atoms with Gasteiger partial charge in [-0.05, 0) is 38.3 Å². The Morgan fingerprint density at radius 1 is 1.40 bits per heavy atom. The highest BCUT2D eigenvalue weighted by Gasteiger charge is 2.33. The normalized spacial score (nSPS) is 22.4. The van der Waals surface area contributed by atoms with E-state index in [1.54, 1.807) is 11.3 Å². The Kier molecular flexibility index (Phi) is 3.56. The zero-order chi connectivity index (χ0) is 14.0. The standard InChI is InChI=1S/C16H16N2OS/c1-16(7-2-3-8-19-16)15-18-14(11-20-15)13-6-4-5-12(9-13)10-17/h4-6,9,11H,2-3,7-8H2,1H3. The van der Waals surface area contributed by atoms with Crippen molar-refractivity contribution in [2.75, 3.05) is 6.61 Å². The zero-order valence-electron chi connectivity index (χ0n) is 11.4. The number of hydrogen-bond donors (Lipinski definition) is 0. The van der Waals surface area contributed by atoms with E-state index in [2.05, 4.69) is 18.4 Å². The molecule has 0 bridgehead atoms. The fraction of sp³-hybridized carbons (Fsp3) is 0.375. The molecule has 1 atom stereocenters. The smallest absolute Gasteiger partial charge is 0.125 e. The van der Waals surface area contributed by atoms with Crippen LogP contribution in [0.5, 0.6) is 0 Å². The molecule has 1 aliphatic heterocycles. The third-order valence-electron chi connectivity index (χ3n) is 3.71. The number of ether oxygens (including phenoxy) is 1. The summed E-state index contributed by atoms with van der Waals surface area (Å²) in [7, 11) is 0. The van der Waals surface area contributed by atoms with Crippen molar-refractivity contribution in [2.24, 2.45) is 0 Å². The number of nitrogens with zero attached hydrogens (tertiary/aromatic N) is 2. The average molecular weight is 284 g/mol. The molecule has 1 fully saturated rings. The highest BCUT2D eigenvalue weighted by atomic mass is 32.1. The minimum Gasteiger partial charge on any atom is -0.368 e. The van der Waals surface area contributed by atoms with Crippen LogP contribution in [0.2, 0.25) is 0 Å². The summed E-state index contributed by atoms with van der Waals surface area (Å²) in [5.74, 6) is 0. The molecular weight excluding hydrogens is 268 g/mol. The van der Waals surface area contributed by atoms with Crippen LogP contribution < -0.4 is 0 Å². The lowest BCUT2D eigenvalue weighted by Gasteiger charge is -2.31. The molecule has 1 aromatic heterocycles. The summed E-state index contributed by atoms with van der Waals surface area (Å²) < 4.78 is 5.94. The van der Waals surface area contributed by atoms with Crippen LogP contribution in [0.4, 0.5) is 0 Å². The van der Waals surface area contributed by atoms with Crippen molar-refractivity contribution >= 4 is 11.3 Å². The average Bonchev–Trinajstić information content (AvgIpc) is 2.99. The zero-order valence-corrected chi connectivity index (χ0v) is 12.2. The second-order valence-corrected chi connectivity index (χ2v) is 6.13. The van der Waals surface area contributed by atoms with Gasteiger partial charge in [0.25, 0.3) is 0 Å². The Bertz CT molecular complexity index is 650. The molecule has 0 aliphatic carbocycles. The number of aromatic nitrogens is 1. The van der Waals surface area contributed by atoms with E-state index in [-0.39, 0.29) is 5.60 Å². The monoisotopic (exact) mass is 284 g/mol. The number of nitriles is 1. The molecule has 0 N–H and O–H groups in total. The van der Waals surface area contributed by atoms with Gasteiger partial charge in [-0.3, -0.25) is 0 Å². The molecule has 1 aliphatic rings. The number of benzene rings is 1. The lowest BCUT2D eigenvalue weighted by molar-refractivity contribution is -0.0701. The second kappa shape index (κ2) is 5.35. The highest BCUT2D eigenvalue weighted by Crippen LogP contribution is 2.37. The van der Waals surface area contributed by atoms with Crippen molar-refractivity contribution in [1.29, 1.82) is 5.26 Å². The number of thiazole rings is 1. The van der Waals surface area contributed by atoms with Gasteiger partial charge in [0.2, 0.25) is 0 Å². The largest absolute Gasteiger partial charge is 0.368 e. The van der Waals surface area contributed by atoms with E-state index >= 15 is 0 Å². The first-order chi connectivity index (χ1) is 9.71. The van der Waals surface area contributed by atoms with Crippen molar-refractivity contribution < 1.29 is 4.74 Å². The van der Waals surface area contributed by atoms with Crippen LogP contribution in [-0.2, 0) is 10.3 Å². The molecule has 3 nitrogen and oxygen atoms in total. The molecule has 1 saturated heterocycles. The molecule has 0 spiro atoms. The first kappa shape index (κ1) is 13.3. The Labute approximate surface area is 122 Å². The van der Waals surface area contributed by atoms with Gasteiger partial charge in [0.1, 0.15) is 10.6 Å². The van der Waals surface area contributed by atoms with Crippen molar-refractivity contribution in [3.63, 3.8) is 0 Å². The molecule has 2 heterocycles. The van der Waals surface area contributed by atoms with Gasteiger partial charge in [0, 0.05) is 17.6 Å². The van der Waals surface area contributed by atoms with Crippen molar-refractivity contribution in [3.05, 3.63) is 40.2 Å². The van der Waals surface area contributed by atoms with Crippen LogP contribution in [0.3, 0.4) is 0 Å². The van der Waals surface area contributed by atoms with Crippen LogP contribution in [0.15, 0.2) is 29.6 Å². The van der Waals surface area contributed by atoms with Gasteiger partial charge in [-0.25, -0.2) is 4.98 Å². The third-order valence-corrected chi connectivity index (χ3v) is 4.80. The summed E-state index contributed by atoms with van der Waals surface area (Å²) in [4.78, 5) is 4.74. The molecule has 0 saturated carbocycles. The van der Waals surface area contributed by atoms with E-state index in [1.165, 1.54) is 6.42 Å². The maximum atomic E-state index is 8.97. The fourth-order valence-electron chi connectivity index (χ4n) is 2.50. The van der Waals surface area contributed by atoms with Crippen molar-refractivity contribution in [1.82, 2.24) is 4.98 Å². The molecule has 4 heteroatoms. The van der Waals surface area contributed by atoms with Gasteiger partial charge in [-0.2, -0.15) is 5.26 Å². The van der Waals surface area contributed by atoms with E-state index in [0.29, 0.717) is 5.56 Å². The Morgan fingerprint density at radius 3 is 3.05 bits per heavy atom. The molecule has 0 amide bonds. The minimum atomic E-state index is -0.242. The molecule has 1 unspecified atom stereocenters. The molecule has 2 aromatic rings. The van der Waals surface area contributed by atoms with E-state index in [9.17, 15) is 0 Å². The van der Waals surface area contributed by atoms with Crippen LogP contribution in [0.1, 0.15) is 36.8 Å². The highest BCUT2D eigenvalue weighted by molar-refractivity contribution is 7.10. The van der Waals surface area contributed by atoms with E-state index in [4.69, 9.17) is 15.0 Å². The Hall–Kier alpha value is -1.70. The summed E-state index contributed by atoms with van der Waals surface area (Å²) in [5.41, 5.74) is 2.34. The van der Waals surface area contributed by atoms with Crippen LogP contribution in [0, 0.1) is 11.3 Å². The van der Waals surface area contributed by atoms with Gasteiger partial charge in [0.05, 0.1) is 17.3 Å². The first-order valence-corrected chi connectivity index (χ1v) is 7.70. The van der Waals surface area contributed by atoms with Crippen molar-refractivity contribution in [2.45, 2.75) is 31.8 Å². The molecule has 1 aromatic carbocycles. The summed E-state index contributed by atoms with van der Waals surface area (Å²) in [5, 5.41) is 12.1. The predicted molar refractivity (Wildman–Crippen MR) is 79.4 cm³/mol. The summed E-state index contributed by atoms with van der Waals surface area (Å²) in [6, 6.07) is 9.74. The van der Waals surface area contributed by atoms with Gasteiger partial charge in [-0.15, -0.1) is 11.3 Å². The molecule has 102 valence electrons. The van der Waals surface area contributed by atoms with Gasteiger partial charge in [0.15, 0.2) is 0 Å². The maximum Gasteiger partial charge on any atom is 0.125 e. The van der Waals surface area contributed by atoms with E-state index in [0.717, 1.165) is 35.7 Å². The van der Waals surface area contributed by atoms with Gasteiger partial charge < -0.3 is 4.74 Å². The SMILES string of the molecule is CC1(c2nc(-c3cccc(C#N)c3)cs2)CCCCO1. The number of hydrogen-bond acceptors (Lipinski definition) is 4. The summed E-state index contributed by atoms with van der Waals surface area (Å²) in [6.45, 7) is 2.94. The second-order valence-electron chi connectivity index (χ2n) is 5.27. The molecule has 0 radical (unpaired) electrons. The van der Waals surface area contributed by atoms with Crippen LogP contribution in [-0.4, -0.2) is 11.6 Å². The first-order valence-electron chi connectivity index (χ1n) is 6.82. The third kappa shape index (κ3) is 2.47. The fourth-order valence-corrected chi connectivity index (χ4v) is 3.47. The summed E-state index contributed by atoms with van der Waals surface area (Å²) >= 11 is 1.64. The molecule has 3 rings (SSSR count). The van der Waals surface area contributed by atoms with Gasteiger partial charge >= 0.3 is 0 Å². The van der Waals surface area contributed by atoms with E-state index < -0.39 is 0 Å². The molecular formula is C16H16N2OS. The number of rotatable bonds is 2. The van der Waals surface area contributed by atoms with Crippen molar-refractivity contribution in [3.8, 4) is 17.3 Å². The molecule has 20 heavy (non-hydrogen) atoms. The summed E-state index contributed by atoms with van der Waals surface area (Å²) in [6.07, 6.45) is 3.35. The maximum absolute atomic E-state index is 8.97. The Balaban J connectivity index is 1.91. The van der Waals surface area contributed by atoms with E-state index in [1.807, 2.05) is 24.3 Å². The lowest BCUT2D eigenvalue weighted by Crippen LogP contribution is -2.29. The van der Waals surface area contributed by atoms with Gasteiger partial charge in [-0.1, -0.05) is 12.1 Å². The predicted octanol–water partition coefficient (Wildman–Crippen LogP) is 4.10. The quantitative estimate of drug-likeness (QED) is 0.834. The van der Waals surface area contributed by atoms with Crippen LogP contribution in [0.25, 0.3) is 11.3 Å². The lowest BCUT2D eigenvalue weighted by atomic mass is 9.97. The topological polar surface area (TPSA) is 45.9 Å². The Morgan fingerprint density at radius 2 is 2.30 bits per heavy atom.